The molecule has 2 aromatic carbocycles. The van der Waals surface area contributed by atoms with E-state index >= 15 is 0 Å². The number of morpholine rings is 1. The monoisotopic (exact) mass is 1160 g/mol. The number of piperidine rings is 1. The molecule has 6 aromatic rings. The molecular weight excluding hydrogens is 1080 g/mol. The Hall–Kier alpha value is -6.13. The molecule has 81 heavy (non-hydrogen) atoms. The molecule has 0 spiro atoms. The second kappa shape index (κ2) is 26.4. The molecule has 440 valence electrons. The molecule has 4 fully saturated rings. The maximum Gasteiger partial charge on any atom is 0.277 e. The first-order valence-electron chi connectivity index (χ1n) is 28.6. The van der Waals surface area contributed by atoms with Gasteiger partial charge in [-0.2, -0.15) is 13.7 Å². The third-order valence-corrected chi connectivity index (χ3v) is 19.1. The highest BCUT2D eigenvalue weighted by atomic mass is 32.2. The fraction of sp³-hybridized carbons (Fsp3) is 0.582. The minimum Gasteiger partial charge on any atom is -0.493 e. The standard InChI is InChI=1S/C28H39N7O5S.C27H39N7O5S/c1-4-9-24-29-20(3)26-28(37)30-27(31-35(24)26)22-18-21(10-11-23(22)40-5-2)41(38,39)34-16-14-32(15-17-34)19-25(36)33-12-7-6-8-13-33;1-4-6-22-24-25(31(3)30-22)27(35)29-26(28-24)21-19-20(7-8-23(21)39-5-2)40(36,37)34-13-11-32(12-14-34)9-10-33-15-17-38-18-16-33/h10-11,18H,4-9,12-17,19H2,1-3H3,(H,30,31,37);7-8,19H,4-6,9-18H2,1-3H3,(H,28,29,35). The summed E-state index contributed by atoms with van der Waals surface area (Å²) in [5.74, 6) is 2.13. The molecule has 10 rings (SSSR count). The molecule has 0 radical (unpaired) electrons. The second-order valence-electron chi connectivity index (χ2n) is 20.9. The Labute approximate surface area is 473 Å². The fourth-order valence-corrected chi connectivity index (χ4v) is 13.9. The number of benzene rings is 2. The molecule has 4 saturated heterocycles. The van der Waals surface area contributed by atoms with Gasteiger partial charge in [0, 0.05) is 105 Å². The summed E-state index contributed by atoms with van der Waals surface area (Å²) in [6, 6.07) is 9.42. The van der Waals surface area contributed by atoms with Crippen molar-refractivity contribution in [2.75, 3.05) is 125 Å². The van der Waals surface area contributed by atoms with E-state index in [2.05, 4.69) is 34.9 Å². The van der Waals surface area contributed by atoms with E-state index in [1.54, 1.807) is 47.4 Å². The number of imidazole rings is 1. The molecule has 8 heterocycles. The molecule has 0 aliphatic carbocycles. The lowest BCUT2D eigenvalue weighted by Crippen LogP contribution is -2.51. The van der Waals surface area contributed by atoms with Gasteiger partial charge in [-0.05, 0) is 89.3 Å². The van der Waals surface area contributed by atoms with Crippen molar-refractivity contribution in [3.63, 3.8) is 0 Å². The largest absolute Gasteiger partial charge is 0.493 e. The van der Waals surface area contributed by atoms with Gasteiger partial charge in [0.05, 0.1) is 65.3 Å². The van der Waals surface area contributed by atoms with Crippen LogP contribution in [0.4, 0.5) is 0 Å². The van der Waals surface area contributed by atoms with E-state index in [0.29, 0.717) is 123 Å². The summed E-state index contributed by atoms with van der Waals surface area (Å²) < 4.78 is 78.0. The van der Waals surface area contributed by atoms with Crippen molar-refractivity contribution in [3.8, 4) is 34.3 Å². The lowest BCUT2D eigenvalue weighted by Gasteiger charge is -2.35. The zero-order chi connectivity index (χ0) is 57.4. The molecule has 4 aliphatic rings. The van der Waals surface area contributed by atoms with Crippen molar-refractivity contribution in [1.82, 2.24) is 67.5 Å². The number of H-pyrrole nitrogens is 2. The third kappa shape index (κ3) is 13.4. The molecule has 26 heteroatoms. The van der Waals surface area contributed by atoms with Crippen LogP contribution in [-0.4, -0.2) is 215 Å². The average Bonchev–Trinajstić information content (AvgIpc) is 4.20. The Bertz CT molecular complexity index is 3520. The summed E-state index contributed by atoms with van der Waals surface area (Å²) in [5, 5.41) is 9.15. The van der Waals surface area contributed by atoms with Gasteiger partial charge in [0.2, 0.25) is 26.0 Å². The number of amides is 1. The summed E-state index contributed by atoms with van der Waals surface area (Å²) in [6.07, 6.45) is 6.26. The van der Waals surface area contributed by atoms with Gasteiger partial charge in [-0.3, -0.25) is 33.8 Å². The maximum atomic E-state index is 13.7. The number of nitrogens with one attached hydrogen (secondary N) is 2. The first-order valence-corrected chi connectivity index (χ1v) is 31.4. The van der Waals surface area contributed by atoms with Crippen molar-refractivity contribution in [1.29, 1.82) is 0 Å². The Morgan fingerprint density at radius 3 is 1.73 bits per heavy atom. The molecule has 1 amide bonds. The van der Waals surface area contributed by atoms with Crippen molar-refractivity contribution >= 4 is 42.5 Å². The number of aromatic amines is 2. The number of aromatic nitrogens is 8. The van der Waals surface area contributed by atoms with E-state index in [1.807, 2.05) is 37.5 Å². The van der Waals surface area contributed by atoms with Crippen LogP contribution < -0.4 is 20.6 Å². The fourth-order valence-electron chi connectivity index (χ4n) is 11.0. The SMILES string of the molecule is CCCc1nc(C)c2c(=O)[nH]c(-c3cc(S(=O)(=O)N4CCN(CC(=O)N5CCCCC5)CC4)ccc3OCC)nn12.CCCc1nn(C)c2c(=O)[nH]c(-c3cc(S(=O)(=O)N4CCN(CCN5CCOCC5)CC4)ccc3OCC)nc12. The van der Waals surface area contributed by atoms with Crippen molar-refractivity contribution in [2.24, 2.45) is 7.05 Å². The molecule has 4 aromatic heterocycles. The van der Waals surface area contributed by atoms with Gasteiger partial charge in [-0.15, -0.1) is 5.10 Å². The summed E-state index contributed by atoms with van der Waals surface area (Å²) in [6.45, 7) is 21.2. The van der Waals surface area contributed by atoms with Gasteiger partial charge in [0.25, 0.3) is 11.1 Å². The van der Waals surface area contributed by atoms with Gasteiger partial charge >= 0.3 is 0 Å². The number of piperazine rings is 2. The number of hydrogen-bond acceptors (Lipinski definition) is 17. The maximum absolute atomic E-state index is 13.7. The smallest absolute Gasteiger partial charge is 0.277 e. The summed E-state index contributed by atoms with van der Waals surface area (Å²) in [4.78, 5) is 62.6. The predicted molar refractivity (Wildman–Crippen MR) is 307 cm³/mol. The highest BCUT2D eigenvalue weighted by Crippen LogP contribution is 2.34. The number of hydrogen-bond donors (Lipinski definition) is 2. The normalized spacial score (nSPS) is 17.6. The van der Waals surface area contributed by atoms with Gasteiger partial charge in [-0.1, -0.05) is 20.3 Å². The van der Waals surface area contributed by atoms with Crippen molar-refractivity contribution in [2.45, 2.75) is 89.4 Å². The average molecular weight is 1160 g/mol. The molecule has 0 bridgehead atoms. The van der Waals surface area contributed by atoms with E-state index in [1.165, 1.54) is 20.7 Å². The third-order valence-electron chi connectivity index (χ3n) is 15.3. The molecule has 24 nitrogen and oxygen atoms in total. The van der Waals surface area contributed by atoms with Gasteiger partial charge in [-0.25, -0.2) is 31.3 Å². The lowest BCUT2D eigenvalue weighted by atomic mass is 10.1. The van der Waals surface area contributed by atoms with E-state index in [-0.39, 0.29) is 51.6 Å². The Kier molecular flexibility index (Phi) is 19.4. The predicted octanol–water partition coefficient (Wildman–Crippen LogP) is 3.38. The molecule has 4 aliphatic heterocycles. The lowest BCUT2D eigenvalue weighted by molar-refractivity contribution is -0.133. The van der Waals surface area contributed by atoms with Crippen molar-refractivity contribution < 1.29 is 35.8 Å². The van der Waals surface area contributed by atoms with Crippen LogP contribution in [0.25, 0.3) is 39.3 Å². The van der Waals surface area contributed by atoms with Crippen LogP contribution in [0.2, 0.25) is 0 Å². The number of fused-ring (bicyclic) bond motifs is 2. The van der Waals surface area contributed by atoms with E-state index in [4.69, 9.17) is 19.2 Å². The van der Waals surface area contributed by atoms with Gasteiger partial charge < -0.3 is 29.1 Å². The van der Waals surface area contributed by atoms with Crippen LogP contribution in [0.5, 0.6) is 11.5 Å². The number of nitrogens with zero attached hydrogens (tertiary/aromatic N) is 12. The molecule has 0 saturated carbocycles. The van der Waals surface area contributed by atoms with Crippen LogP contribution in [0.1, 0.15) is 77.0 Å². The number of carbonyl (C=O) groups is 1. The van der Waals surface area contributed by atoms with E-state index in [0.717, 1.165) is 90.3 Å². The second-order valence-corrected chi connectivity index (χ2v) is 24.7. The zero-order valence-corrected chi connectivity index (χ0v) is 49.2. The number of sulfonamides is 2. The van der Waals surface area contributed by atoms with Gasteiger partial charge in [0.1, 0.15) is 28.7 Å². The van der Waals surface area contributed by atoms with E-state index in [9.17, 15) is 31.2 Å². The highest BCUT2D eigenvalue weighted by Gasteiger charge is 2.33. The summed E-state index contributed by atoms with van der Waals surface area (Å²) in [5.41, 5.74) is 2.73. The molecule has 0 unspecified atom stereocenters. The number of rotatable bonds is 19. The summed E-state index contributed by atoms with van der Waals surface area (Å²) >= 11 is 0. The van der Waals surface area contributed by atoms with Crippen LogP contribution >= 0.6 is 0 Å². The molecular formula is C55H78N14O10S2. The molecule has 2 N–H and O–H groups in total. The Balaban J connectivity index is 0.000000196. The quantitative estimate of drug-likeness (QED) is 0.118. The summed E-state index contributed by atoms with van der Waals surface area (Å²) in [7, 11) is -5.88. The van der Waals surface area contributed by atoms with Crippen molar-refractivity contribution in [3.05, 3.63) is 74.3 Å². The first-order chi connectivity index (χ1) is 39.0. The number of ether oxygens (including phenoxy) is 3. The van der Waals surface area contributed by atoms with Crippen LogP contribution in [0, 0.1) is 6.92 Å². The van der Waals surface area contributed by atoms with Crippen LogP contribution in [-0.2, 0) is 49.5 Å². The van der Waals surface area contributed by atoms with Crippen LogP contribution in [0.15, 0.2) is 55.8 Å². The zero-order valence-electron chi connectivity index (χ0n) is 47.6. The Morgan fingerprint density at radius 2 is 1.16 bits per heavy atom. The Morgan fingerprint density at radius 1 is 0.630 bits per heavy atom. The number of aryl methyl sites for hydroxylation is 4. The first kappa shape index (κ1) is 59.5. The van der Waals surface area contributed by atoms with Gasteiger partial charge in [0.15, 0.2) is 16.9 Å². The molecule has 0 atom stereocenters. The number of likely N-dealkylation sites (tertiary alicyclic amines) is 1. The highest BCUT2D eigenvalue weighted by molar-refractivity contribution is 7.89. The minimum absolute atomic E-state index is 0.0899. The van der Waals surface area contributed by atoms with E-state index < -0.39 is 20.0 Å². The topological polar surface area (TPSA) is 259 Å². The minimum atomic E-state index is -3.85. The number of carbonyl (C=O) groups excluding carboxylic acids is 1. The van der Waals surface area contributed by atoms with Crippen LogP contribution in [0.3, 0.4) is 0 Å².